The van der Waals surface area contributed by atoms with Gasteiger partial charge in [-0.2, -0.15) is 0 Å². The molecule has 1 saturated carbocycles. The molecule has 0 radical (unpaired) electrons. The summed E-state index contributed by atoms with van der Waals surface area (Å²) in [5.41, 5.74) is -0.126. The zero-order valence-electron chi connectivity index (χ0n) is 10.4. The van der Waals surface area contributed by atoms with Gasteiger partial charge < -0.3 is 9.84 Å². The number of ether oxygens (including phenoxy) is 1. The van der Waals surface area contributed by atoms with E-state index in [1.54, 1.807) is 25.3 Å². The number of benzene rings is 1. The van der Waals surface area contributed by atoms with Crippen molar-refractivity contribution < 1.29 is 14.6 Å². The number of rotatable bonds is 3. The Balaban J connectivity index is 2.54. The molecule has 0 atom stereocenters. The van der Waals surface area contributed by atoms with Crippen LogP contribution in [0.2, 0.25) is 5.02 Å². The molecule has 0 unspecified atom stereocenters. The van der Waals surface area contributed by atoms with Crippen LogP contribution in [0, 0.1) is 0 Å². The number of hydrogen-bond acceptors (Lipinski definition) is 2. The monoisotopic (exact) mass is 268 g/mol. The van der Waals surface area contributed by atoms with E-state index in [0.717, 1.165) is 19.3 Å². The number of carboxylic acid groups (broad SMARTS) is 1. The predicted molar refractivity (Wildman–Crippen MR) is 70.4 cm³/mol. The van der Waals surface area contributed by atoms with Crippen LogP contribution in [0.5, 0.6) is 5.75 Å². The number of carbonyl (C=O) groups is 1. The summed E-state index contributed by atoms with van der Waals surface area (Å²) in [5, 5.41) is 10.2. The van der Waals surface area contributed by atoms with Gasteiger partial charge in [0, 0.05) is 10.6 Å². The molecular formula is C14H17ClO3. The highest BCUT2D eigenvalue weighted by Gasteiger charge is 2.43. The van der Waals surface area contributed by atoms with Gasteiger partial charge in [-0.15, -0.1) is 0 Å². The predicted octanol–water partition coefficient (Wildman–Crippen LogP) is 3.64. The van der Waals surface area contributed by atoms with Gasteiger partial charge in [0.25, 0.3) is 0 Å². The van der Waals surface area contributed by atoms with E-state index in [1.807, 2.05) is 0 Å². The maximum Gasteiger partial charge on any atom is 0.314 e. The van der Waals surface area contributed by atoms with Crippen LogP contribution in [-0.4, -0.2) is 18.2 Å². The molecule has 1 aromatic carbocycles. The second kappa shape index (κ2) is 5.19. The second-order valence-corrected chi connectivity index (χ2v) is 5.23. The molecule has 1 fully saturated rings. The Morgan fingerprint density at radius 2 is 2.00 bits per heavy atom. The third-order valence-corrected chi connectivity index (χ3v) is 4.03. The van der Waals surface area contributed by atoms with Crippen LogP contribution in [0.25, 0.3) is 0 Å². The Bertz CT molecular complexity index is 450. The average Bonchev–Trinajstić information content (AvgIpc) is 2.39. The lowest BCUT2D eigenvalue weighted by atomic mass is 9.69. The Morgan fingerprint density at radius 1 is 1.33 bits per heavy atom. The molecule has 2 rings (SSSR count). The summed E-state index contributed by atoms with van der Waals surface area (Å²) in [6.45, 7) is 0. The third kappa shape index (κ3) is 2.19. The van der Waals surface area contributed by atoms with E-state index in [0.29, 0.717) is 29.2 Å². The van der Waals surface area contributed by atoms with E-state index in [-0.39, 0.29) is 0 Å². The lowest BCUT2D eigenvalue weighted by Crippen LogP contribution is -2.38. The number of carboxylic acids is 1. The summed E-state index contributed by atoms with van der Waals surface area (Å²) in [4.78, 5) is 11.8. The standard InChI is InChI=1S/C14H17ClO3/c1-18-12-6-5-10(15)9-11(12)14(13(16)17)7-3-2-4-8-14/h5-6,9H,2-4,7-8H2,1H3,(H,16,17). The van der Waals surface area contributed by atoms with E-state index in [9.17, 15) is 9.90 Å². The van der Waals surface area contributed by atoms with Crippen molar-refractivity contribution >= 4 is 17.6 Å². The first-order valence-corrected chi connectivity index (χ1v) is 6.55. The minimum absolute atomic E-state index is 0.553. The molecule has 0 bridgehead atoms. The highest BCUT2D eigenvalue weighted by Crippen LogP contribution is 2.44. The Hall–Kier alpha value is -1.22. The lowest BCUT2D eigenvalue weighted by molar-refractivity contribution is -0.145. The Labute approximate surface area is 112 Å². The fraction of sp³-hybridized carbons (Fsp3) is 0.500. The van der Waals surface area contributed by atoms with Gasteiger partial charge >= 0.3 is 5.97 Å². The first-order valence-electron chi connectivity index (χ1n) is 6.17. The molecule has 18 heavy (non-hydrogen) atoms. The van der Waals surface area contributed by atoms with Crippen LogP contribution < -0.4 is 4.74 Å². The molecule has 98 valence electrons. The molecule has 1 aliphatic rings. The van der Waals surface area contributed by atoms with E-state index < -0.39 is 11.4 Å². The largest absolute Gasteiger partial charge is 0.496 e. The molecule has 0 aromatic heterocycles. The van der Waals surface area contributed by atoms with Crippen molar-refractivity contribution in [1.29, 1.82) is 0 Å². The first-order chi connectivity index (χ1) is 8.60. The molecule has 1 aliphatic carbocycles. The fourth-order valence-corrected chi connectivity index (χ4v) is 2.98. The molecule has 4 heteroatoms. The van der Waals surface area contributed by atoms with Gasteiger partial charge in [-0.1, -0.05) is 30.9 Å². The van der Waals surface area contributed by atoms with Gasteiger partial charge in [0.15, 0.2) is 0 Å². The number of methoxy groups -OCH3 is 1. The maximum absolute atomic E-state index is 11.8. The molecule has 0 amide bonds. The highest BCUT2D eigenvalue weighted by molar-refractivity contribution is 6.30. The van der Waals surface area contributed by atoms with Gasteiger partial charge in [0.05, 0.1) is 12.5 Å². The lowest BCUT2D eigenvalue weighted by Gasteiger charge is -2.34. The van der Waals surface area contributed by atoms with Crippen molar-refractivity contribution in [2.75, 3.05) is 7.11 Å². The van der Waals surface area contributed by atoms with Crippen LogP contribution in [-0.2, 0) is 10.2 Å². The van der Waals surface area contributed by atoms with E-state index in [4.69, 9.17) is 16.3 Å². The topological polar surface area (TPSA) is 46.5 Å². The number of aliphatic carboxylic acids is 1. The quantitative estimate of drug-likeness (QED) is 0.910. The molecule has 1 aromatic rings. The summed E-state index contributed by atoms with van der Waals surface area (Å²) in [5.74, 6) is -0.161. The maximum atomic E-state index is 11.8. The molecular weight excluding hydrogens is 252 g/mol. The van der Waals surface area contributed by atoms with Crippen molar-refractivity contribution in [3.63, 3.8) is 0 Å². The molecule has 3 nitrogen and oxygen atoms in total. The smallest absolute Gasteiger partial charge is 0.314 e. The van der Waals surface area contributed by atoms with Crippen LogP contribution >= 0.6 is 11.6 Å². The van der Waals surface area contributed by atoms with Crippen molar-refractivity contribution in [2.24, 2.45) is 0 Å². The Kier molecular flexibility index (Phi) is 3.81. The van der Waals surface area contributed by atoms with Crippen molar-refractivity contribution in [1.82, 2.24) is 0 Å². The summed E-state index contributed by atoms with van der Waals surface area (Å²) in [6.07, 6.45) is 4.26. The van der Waals surface area contributed by atoms with Crippen molar-refractivity contribution in [3.8, 4) is 5.75 Å². The minimum atomic E-state index is -0.839. The van der Waals surface area contributed by atoms with Crippen LogP contribution in [0.1, 0.15) is 37.7 Å². The summed E-state index contributed by atoms with van der Waals surface area (Å²) in [6, 6.07) is 5.21. The SMILES string of the molecule is COc1ccc(Cl)cc1C1(C(=O)O)CCCCC1. The van der Waals surface area contributed by atoms with Crippen LogP contribution in [0.15, 0.2) is 18.2 Å². The summed E-state index contributed by atoms with van der Waals surface area (Å²) < 4.78 is 5.31. The fourth-order valence-electron chi connectivity index (χ4n) is 2.81. The van der Waals surface area contributed by atoms with Gasteiger partial charge in [-0.3, -0.25) is 4.79 Å². The second-order valence-electron chi connectivity index (χ2n) is 4.79. The van der Waals surface area contributed by atoms with Gasteiger partial charge in [-0.25, -0.2) is 0 Å². The van der Waals surface area contributed by atoms with Gasteiger partial charge in [-0.05, 0) is 31.0 Å². The average molecular weight is 269 g/mol. The first kappa shape index (κ1) is 13.2. The van der Waals surface area contributed by atoms with Gasteiger partial charge in [0.2, 0.25) is 0 Å². The number of halogens is 1. The van der Waals surface area contributed by atoms with Crippen LogP contribution in [0.4, 0.5) is 0 Å². The number of hydrogen-bond donors (Lipinski definition) is 1. The van der Waals surface area contributed by atoms with E-state index in [1.165, 1.54) is 0 Å². The molecule has 0 aliphatic heterocycles. The summed E-state index contributed by atoms with van der Waals surface area (Å²) in [7, 11) is 1.56. The van der Waals surface area contributed by atoms with E-state index in [2.05, 4.69) is 0 Å². The van der Waals surface area contributed by atoms with Gasteiger partial charge in [0.1, 0.15) is 5.75 Å². The zero-order valence-corrected chi connectivity index (χ0v) is 11.2. The molecule has 1 N–H and O–H groups in total. The normalized spacial score (nSPS) is 18.3. The van der Waals surface area contributed by atoms with Crippen LogP contribution in [0.3, 0.4) is 0 Å². The van der Waals surface area contributed by atoms with E-state index >= 15 is 0 Å². The van der Waals surface area contributed by atoms with Crippen molar-refractivity contribution in [3.05, 3.63) is 28.8 Å². The molecule has 0 saturated heterocycles. The Morgan fingerprint density at radius 3 is 2.56 bits per heavy atom. The third-order valence-electron chi connectivity index (χ3n) is 3.79. The zero-order chi connectivity index (χ0) is 13.2. The molecule has 0 spiro atoms. The molecule has 0 heterocycles. The summed E-state index contributed by atoms with van der Waals surface area (Å²) >= 11 is 6.01. The van der Waals surface area contributed by atoms with Crippen molar-refractivity contribution in [2.45, 2.75) is 37.5 Å². The minimum Gasteiger partial charge on any atom is -0.496 e. The highest BCUT2D eigenvalue weighted by atomic mass is 35.5.